The lowest BCUT2D eigenvalue weighted by Crippen LogP contribution is -2.49. The Labute approximate surface area is 892 Å². The molecule has 0 bridgehead atoms. The van der Waals surface area contributed by atoms with E-state index in [9.17, 15) is 35.7 Å². The molecule has 1 saturated heterocycles. The van der Waals surface area contributed by atoms with E-state index in [-0.39, 0.29) is 42.7 Å². The van der Waals surface area contributed by atoms with Gasteiger partial charge in [0.1, 0.15) is 0 Å². The molecule has 0 unspecified atom stereocenters. The molecule has 29 rings (SSSR count). The van der Waals surface area contributed by atoms with E-state index >= 15 is 0 Å². The number of aliphatic hydroxyl groups excluding tert-OH is 7. The second-order valence-corrected chi connectivity index (χ2v) is 63.0. The van der Waals surface area contributed by atoms with Crippen molar-refractivity contribution in [2.24, 2.45) is 263 Å². The molecule has 1 spiro atoms. The van der Waals surface area contributed by atoms with Crippen LogP contribution in [0.1, 0.15) is 481 Å². The first-order valence-corrected chi connectivity index (χ1v) is 65.5. The van der Waals surface area contributed by atoms with E-state index < -0.39 is 0 Å². The normalized spacial score (nSPS) is 56.5. The van der Waals surface area contributed by atoms with E-state index in [1.54, 1.807) is 11.1 Å². The van der Waals surface area contributed by atoms with Crippen LogP contribution in [0.4, 0.5) is 0 Å². The molecule has 9 heteroatoms. The van der Waals surface area contributed by atoms with Gasteiger partial charge in [0, 0.05) is 5.41 Å². The minimum Gasteiger partial charge on any atom is -0.393 e. The van der Waals surface area contributed by atoms with E-state index in [1.165, 1.54) is 319 Å². The summed E-state index contributed by atoms with van der Waals surface area (Å²) in [6, 6.07) is 0. The summed E-state index contributed by atoms with van der Waals surface area (Å²) in [4.78, 5) is 3.59. The van der Waals surface area contributed by atoms with E-state index in [1.807, 2.05) is 6.20 Å². The van der Waals surface area contributed by atoms with Crippen molar-refractivity contribution < 1.29 is 40.5 Å². The molecule has 28 saturated carbocycles. The van der Waals surface area contributed by atoms with Gasteiger partial charge in [-0.15, -0.1) is 0 Å². The van der Waals surface area contributed by atoms with Gasteiger partial charge in [-0.1, -0.05) is 104 Å². The fourth-order valence-electron chi connectivity index (χ4n) is 49.0. The maximum atomic E-state index is 10.0. The second-order valence-electron chi connectivity index (χ2n) is 63.0. The number of aliphatic hydroxyl groups is 7. The quantitative estimate of drug-likeness (QED) is 0.0777. The van der Waals surface area contributed by atoms with Crippen LogP contribution in [0.15, 0.2) is 47.7 Å². The van der Waals surface area contributed by atoms with Crippen LogP contribution in [0.25, 0.3) is 4.85 Å². The Balaban J connectivity index is 0.0000000940. The number of rotatable bonds is 1. The van der Waals surface area contributed by atoms with Gasteiger partial charge >= 0.3 is 0 Å². The van der Waals surface area contributed by atoms with Gasteiger partial charge in [0.15, 0.2) is 6.20 Å². The zero-order valence-corrected chi connectivity index (χ0v) is 95.3. The van der Waals surface area contributed by atoms with E-state index in [4.69, 9.17) is 11.3 Å². The number of epoxide rings is 1. The van der Waals surface area contributed by atoms with Crippen molar-refractivity contribution in [3.63, 3.8) is 0 Å². The monoisotopic (exact) mass is 2010 g/mol. The Kier molecular flexibility index (Phi) is 31.1. The molecule has 29 aliphatic rings. The predicted octanol–water partition coefficient (Wildman–Crippen LogP) is 32.5. The molecule has 0 aromatic carbocycles. The van der Waals surface area contributed by atoms with Crippen LogP contribution in [0.3, 0.4) is 0 Å². The summed E-state index contributed by atoms with van der Waals surface area (Å²) in [6.07, 6.45) is 88.5. The molecule has 0 aromatic heterocycles. The summed E-state index contributed by atoms with van der Waals surface area (Å²) in [5.41, 5.74) is 10.3. The highest BCUT2D eigenvalue weighted by atomic mass is 16.6. The summed E-state index contributed by atoms with van der Waals surface area (Å²) in [5, 5.41) is 69.9. The number of hydrogen-bond donors (Lipinski definition) is 7. The molecule has 1 heterocycles. The average molecular weight is 2010 g/mol. The zero-order chi connectivity index (χ0) is 101. The molecule has 0 radical (unpaired) electrons. The number of hydrogen-bond acceptors (Lipinski definition) is 8. The van der Waals surface area contributed by atoms with E-state index in [0.29, 0.717) is 43.5 Å². The Bertz CT molecular complexity index is 4540. The van der Waals surface area contributed by atoms with Crippen LogP contribution in [0.2, 0.25) is 0 Å². The average Bonchev–Trinajstić information content (AvgIpc) is 1.53. The Morgan fingerprint density at radius 2 is 0.568 bits per heavy atom. The van der Waals surface area contributed by atoms with E-state index in [2.05, 4.69) is 100 Å². The topological polar surface area (TPSA) is 158 Å². The molecule has 820 valence electrons. The third-order valence-electron chi connectivity index (χ3n) is 57.6. The Morgan fingerprint density at radius 3 is 0.904 bits per heavy atom. The molecular weight excluding hydrogens is 1790 g/mol. The molecule has 9 nitrogen and oxygen atoms in total. The van der Waals surface area contributed by atoms with Gasteiger partial charge < -0.3 is 40.5 Å². The SMILES string of the molecule is C/C=C1\CC[C@H]2C[C@@H]3[C@H](CC[C@@H]4C[C@@H](O)CC[C@H]43)C[C@]12C.C=C(C)[C@H]1CC[C@H]2C[C@@H]3[C@H](CC[C@@H]4C[C@@H](O)CC[C@H]43)C[C@@]21C.C=C1CC[C@H]2C[C@@H]3[C@H](CC[C@H]4C[C@@H](O)CC[C@H]43)C[C@]12C.C[C@H]1CC[C@H]2C[C@@H]3[C@H](CC[C@@H]4C[C@@H](O)CC[C@H]43)C[C@@]21C.C[C@H]1CC[C@H]2C[C@@H]3[C@H](CC[C@@H]4C[C@@H](O)CC[C@H]43)C[C@@]21C.C[C@]12C[C@H]3CC[C@H]4C[C@@H](O)CC[C@H]4[C@@H]3C[C@@H]1CC[C@@]21CO1.[C-]#[N+]/C=C1/CC[C@H]2C[C@@H]3[C@H](CC[C@@H]4C[C@@H](O)CC[C@H]43)C[C@]12C. The van der Waals surface area contributed by atoms with Crippen molar-refractivity contribution in [2.45, 2.75) is 529 Å². The van der Waals surface area contributed by atoms with Gasteiger partial charge in [-0.25, -0.2) is 4.85 Å². The summed E-state index contributed by atoms with van der Waals surface area (Å²) >= 11 is 0. The minimum absolute atomic E-state index is 0.00549. The maximum Gasteiger partial charge on any atom is 0.154 e. The summed E-state index contributed by atoms with van der Waals surface area (Å²) in [7, 11) is 0. The number of fused-ring (bicyclic) bond motifs is 29. The first kappa shape index (κ1) is 107. The van der Waals surface area contributed by atoms with Crippen molar-refractivity contribution in [3.8, 4) is 0 Å². The Morgan fingerprint density at radius 1 is 0.295 bits per heavy atom. The van der Waals surface area contributed by atoms with E-state index in [0.717, 1.165) is 328 Å². The molecule has 29 fully saturated rings. The lowest BCUT2D eigenvalue weighted by atomic mass is 9.50. The first-order chi connectivity index (χ1) is 70.1. The predicted molar refractivity (Wildman–Crippen MR) is 595 cm³/mol. The number of nitrogens with zero attached hydrogens (tertiary/aromatic N) is 1. The largest absolute Gasteiger partial charge is 0.393 e. The molecule has 28 aliphatic carbocycles. The fourth-order valence-corrected chi connectivity index (χ4v) is 49.0. The number of allylic oxidation sites excluding steroid dienone is 5. The third kappa shape index (κ3) is 19.6. The van der Waals surface area contributed by atoms with Gasteiger partial charge in [0.2, 0.25) is 0 Å². The minimum atomic E-state index is -0.0219. The van der Waals surface area contributed by atoms with Crippen molar-refractivity contribution in [2.75, 3.05) is 6.61 Å². The van der Waals surface area contributed by atoms with Crippen molar-refractivity contribution in [1.82, 2.24) is 0 Å². The van der Waals surface area contributed by atoms with Gasteiger partial charge in [0.05, 0.1) is 61.5 Å². The van der Waals surface area contributed by atoms with Crippen LogP contribution in [0, 0.1) is 269 Å². The van der Waals surface area contributed by atoms with Crippen LogP contribution in [-0.4, -0.2) is 90.7 Å². The van der Waals surface area contributed by atoms with Gasteiger partial charge in [-0.05, 0) is 676 Å². The second kappa shape index (κ2) is 42.4. The first-order valence-electron chi connectivity index (χ1n) is 65.5. The standard InChI is InChI=1S/C21H34O.C20H29NO.C20H32O.C19H30O2.2C19H32O.C19H30O/c1-13(2)20-9-6-16-11-19-15(12-21(16,20)3)5-4-14-10-17(22)7-8-18(14)19;1-20-11-14-4-3-13-9-17(22)7-8-18(13)19(14)10-15(20)5-6-16(20)12-21-2;1-3-15-6-7-16-11-19-14(12-20(15,16)2)5-4-13-10-17(21)8-9-18(13)19;1-18-10-13-3-2-12-8-15(20)4-5-16(12)17(13)9-14(18)6-7-19(18)11-21-19;3*1-12-3-6-15-10-18-14(11-19(12,15)2)5-4-13-9-16(20)7-8-17(13)18/h14-20,22H,1,4-12H2,2-3H3;12-15,17-19,22H,3-11H2,1H3;3,13-14,16-19,21H,4-12H2,1-2H3;12-17,20H,2-11H2,1H3;2*12-18,20H,3-11H2,1-2H3;13-18,20H,1,3-11H2,2H3/b;16-12-;15-3+;;;;/t14-,15-,16+,17+,18-,19-,20-,21+;13-,14-,15+,17+,18-,19-,20+;13-,14-,16+,17+,18-,19-,20-;12-,13+,14-,15-,16+,17+,18-,19+;2*12-,13+,14+,15-,16-,17+,18+,19+;13-,14+,15-,16-,17+,18+,19+/m1110000/s1. The van der Waals surface area contributed by atoms with Crippen molar-refractivity contribution >= 4 is 0 Å². The lowest BCUT2D eigenvalue weighted by Gasteiger charge is -2.55. The third-order valence-corrected chi connectivity index (χ3v) is 57.6. The smallest absolute Gasteiger partial charge is 0.154 e. The van der Waals surface area contributed by atoms with Crippen LogP contribution in [-0.2, 0) is 4.74 Å². The van der Waals surface area contributed by atoms with Crippen molar-refractivity contribution in [1.29, 1.82) is 0 Å². The van der Waals surface area contributed by atoms with Crippen LogP contribution in [0.5, 0.6) is 0 Å². The molecule has 7 N–H and O–H groups in total. The fraction of sp³-hybridized carbons (Fsp3) is 0.934. The lowest BCUT2D eigenvalue weighted by molar-refractivity contribution is -0.0719. The Hall–Kier alpha value is -1.87. The van der Waals surface area contributed by atoms with Crippen LogP contribution >= 0.6 is 0 Å². The molecule has 0 amide bonds. The van der Waals surface area contributed by atoms with Crippen molar-refractivity contribution in [3.05, 3.63) is 59.1 Å². The molecule has 0 aromatic rings. The summed E-state index contributed by atoms with van der Waals surface area (Å²) < 4.78 is 6.00. The molecule has 146 heavy (non-hydrogen) atoms. The molecular formula is C137H219NO8. The van der Waals surface area contributed by atoms with Gasteiger partial charge in [-0.2, -0.15) is 0 Å². The highest BCUT2D eigenvalue weighted by molar-refractivity contribution is 5.28. The van der Waals surface area contributed by atoms with Gasteiger partial charge in [0.25, 0.3) is 0 Å². The maximum absolute atomic E-state index is 10.0. The van der Waals surface area contributed by atoms with Crippen LogP contribution < -0.4 is 0 Å². The zero-order valence-electron chi connectivity index (χ0n) is 95.3. The molecule has 1 aliphatic heterocycles. The summed E-state index contributed by atoms with van der Waals surface area (Å²) in [6.45, 7) is 44.5. The summed E-state index contributed by atoms with van der Waals surface area (Å²) in [5.74, 6) is 35.5. The highest BCUT2D eigenvalue weighted by Gasteiger charge is 2.70. The molecule has 53 atom stereocenters. The number of ether oxygens (including phenoxy) is 1. The highest BCUT2D eigenvalue weighted by Crippen LogP contribution is 2.74. The van der Waals surface area contributed by atoms with Gasteiger partial charge in [-0.3, -0.25) is 0 Å².